The Labute approximate surface area is 181 Å². The number of aryl methyl sites for hydroxylation is 1. The number of nitrogens with zero attached hydrogens (tertiary/aromatic N) is 2. The van der Waals surface area contributed by atoms with Gasteiger partial charge < -0.3 is 31.6 Å². The Morgan fingerprint density at radius 2 is 1.93 bits per heavy atom. The van der Waals surface area contributed by atoms with E-state index in [0.717, 1.165) is 38.0 Å². The van der Waals surface area contributed by atoms with Crippen LogP contribution in [-0.2, 0) is 6.42 Å². The summed E-state index contributed by atoms with van der Waals surface area (Å²) in [6.07, 6.45) is 3.16. The van der Waals surface area contributed by atoms with Crippen molar-refractivity contribution >= 4 is 29.3 Å². The number of hydrogen-bond donors (Lipinski definition) is 4. The molecule has 2 aromatic rings. The third-order valence-corrected chi connectivity index (χ3v) is 4.70. The third kappa shape index (κ3) is 7.57. The average molecular weight is 437 g/mol. The molecule has 2 rings (SSSR count). The van der Waals surface area contributed by atoms with Crippen molar-refractivity contribution < 1.29 is 14.3 Å². The van der Waals surface area contributed by atoms with Gasteiger partial charge in [-0.3, -0.25) is 0 Å². The molecule has 9 nitrogen and oxygen atoms in total. The monoisotopic (exact) mass is 436 g/mol. The Balaban J connectivity index is 1.75. The van der Waals surface area contributed by atoms with Gasteiger partial charge in [-0.05, 0) is 43.5 Å². The molecule has 0 saturated heterocycles. The number of halogens is 1. The van der Waals surface area contributed by atoms with Crippen LogP contribution in [0.1, 0.15) is 31.7 Å². The molecular formula is C20H29ClN6O3. The van der Waals surface area contributed by atoms with Gasteiger partial charge in [0.15, 0.2) is 16.8 Å². The molecule has 0 fully saturated rings. The first-order valence-corrected chi connectivity index (χ1v) is 10.2. The Bertz CT molecular complexity index is 819. The average Bonchev–Trinajstić information content (AvgIpc) is 2.73. The van der Waals surface area contributed by atoms with Crippen molar-refractivity contribution in [2.75, 3.05) is 31.7 Å². The Hall–Kier alpha value is -2.78. The van der Waals surface area contributed by atoms with Crippen LogP contribution in [-0.4, -0.2) is 42.3 Å². The number of anilines is 2. The molecule has 0 unspecified atom stereocenters. The molecule has 0 bridgehead atoms. The molecule has 30 heavy (non-hydrogen) atoms. The van der Waals surface area contributed by atoms with E-state index in [1.54, 1.807) is 7.11 Å². The number of nitrogen functional groups attached to an aromatic ring is 2. The zero-order chi connectivity index (χ0) is 21.9. The highest BCUT2D eigenvalue weighted by atomic mass is 35.5. The lowest BCUT2D eigenvalue weighted by Crippen LogP contribution is -2.42. The highest BCUT2D eigenvalue weighted by Crippen LogP contribution is 2.23. The summed E-state index contributed by atoms with van der Waals surface area (Å²) < 4.78 is 10.3. The second-order valence-electron chi connectivity index (χ2n) is 6.75. The van der Waals surface area contributed by atoms with Crippen LogP contribution in [0.15, 0.2) is 24.3 Å². The van der Waals surface area contributed by atoms with Crippen molar-refractivity contribution in [3.8, 4) is 11.6 Å². The van der Waals surface area contributed by atoms with Crippen LogP contribution in [0.2, 0.25) is 5.15 Å². The molecule has 1 heterocycles. The van der Waals surface area contributed by atoms with Gasteiger partial charge in [-0.1, -0.05) is 37.1 Å². The maximum atomic E-state index is 12.1. The minimum absolute atomic E-state index is 0.0243. The minimum Gasteiger partial charge on any atom is -0.497 e. The molecule has 0 spiro atoms. The van der Waals surface area contributed by atoms with Gasteiger partial charge in [0.25, 0.3) is 5.88 Å². The maximum Gasteiger partial charge on any atom is 0.414 e. The molecule has 1 aromatic heterocycles. The number of nitrogens with one attached hydrogen (secondary N) is 2. The Morgan fingerprint density at radius 1 is 1.20 bits per heavy atom. The maximum absolute atomic E-state index is 12.1. The van der Waals surface area contributed by atoms with E-state index < -0.39 is 6.09 Å². The molecule has 0 aliphatic carbocycles. The van der Waals surface area contributed by atoms with Crippen LogP contribution in [0.5, 0.6) is 11.6 Å². The molecule has 0 aliphatic heterocycles. The summed E-state index contributed by atoms with van der Waals surface area (Å²) >= 11 is 5.79. The summed E-state index contributed by atoms with van der Waals surface area (Å²) in [4.78, 5) is 19.7. The predicted molar refractivity (Wildman–Crippen MR) is 118 cm³/mol. The van der Waals surface area contributed by atoms with Gasteiger partial charge in [0.05, 0.1) is 7.11 Å². The quantitative estimate of drug-likeness (QED) is 0.394. The smallest absolute Gasteiger partial charge is 0.414 e. The SMILES string of the molecule is CCC[C@@H](CNC(=O)Oc1nc(Cl)c(N)nc1N)NCCCc1ccc(OC)cc1. The summed E-state index contributed by atoms with van der Waals surface area (Å²) in [7, 11) is 1.66. The number of nitrogens with two attached hydrogens (primary N) is 2. The summed E-state index contributed by atoms with van der Waals surface area (Å²) in [5, 5.41) is 6.11. The fourth-order valence-electron chi connectivity index (χ4n) is 2.85. The van der Waals surface area contributed by atoms with E-state index in [0.29, 0.717) is 6.54 Å². The largest absolute Gasteiger partial charge is 0.497 e. The number of benzene rings is 1. The summed E-state index contributed by atoms with van der Waals surface area (Å²) in [5.41, 5.74) is 12.4. The fourth-order valence-corrected chi connectivity index (χ4v) is 2.97. The first kappa shape index (κ1) is 23.5. The minimum atomic E-state index is -0.682. The van der Waals surface area contributed by atoms with Crippen LogP contribution in [0.3, 0.4) is 0 Å². The van der Waals surface area contributed by atoms with E-state index in [9.17, 15) is 4.79 Å². The first-order chi connectivity index (χ1) is 14.4. The zero-order valence-corrected chi connectivity index (χ0v) is 18.0. The molecule has 1 amide bonds. The van der Waals surface area contributed by atoms with E-state index in [4.69, 9.17) is 32.5 Å². The van der Waals surface area contributed by atoms with Crippen LogP contribution < -0.4 is 31.6 Å². The number of rotatable bonds is 11. The lowest BCUT2D eigenvalue weighted by molar-refractivity contribution is 0.197. The first-order valence-electron chi connectivity index (χ1n) is 9.83. The van der Waals surface area contributed by atoms with Gasteiger partial charge >= 0.3 is 6.09 Å². The molecule has 1 atom stereocenters. The van der Waals surface area contributed by atoms with Gasteiger partial charge in [0.2, 0.25) is 0 Å². The Morgan fingerprint density at radius 3 is 2.60 bits per heavy atom. The van der Waals surface area contributed by atoms with E-state index in [1.807, 2.05) is 12.1 Å². The number of carbonyl (C=O) groups excluding carboxylic acids is 1. The molecule has 0 saturated carbocycles. The van der Waals surface area contributed by atoms with Crippen LogP contribution in [0, 0.1) is 0 Å². The summed E-state index contributed by atoms with van der Waals surface area (Å²) in [6.45, 7) is 3.34. The predicted octanol–water partition coefficient (Wildman–Crippen LogP) is 2.78. The third-order valence-electron chi connectivity index (χ3n) is 4.42. The number of amides is 1. The van der Waals surface area contributed by atoms with E-state index in [1.165, 1.54) is 5.56 Å². The number of aromatic nitrogens is 2. The highest BCUT2D eigenvalue weighted by Gasteiger charge is 2.15. The van der Waals surface area contributed by atoms with Crippen molar-refractivity contribution in [3.05, 3.63) is 35.0 Å². The van der Waals surface area contributed by atoms with Gasteiger partial charge in [-0.25, -0.2) is 9.78 Å². The molecule has 0 aliphatic rings. The lowest BCUT2D eigenvalue weighted by Gasteiger charge is -2.18. The zero-order valence-electron chi connectivity index (χ0n) is 17.3. The van der Waals surface area contributed by atoms with Crippen molar-refractivity contribution in [2.45, 2.75) is 38.6 Å². The standard InChI is InChI=1S/C20H29ClN6O3/c1-3-5-14(24-11-4-6-13-7-9-15(29-2)10-8-13)12-25-20(28)30-19-18(23)27-17(22)16(21)26-19/h7-10,14,24H,3-6,11-12H2,1-2H3,(H,25,28)(H4,22,23,27)/t14-/m0/s1. The summed E-state index contributed by atoms with van der Waals surface area (Å²) in [6, 6.07) is 8.18. The van der Waals surface area contributed by atoms with Gasteiger partial charge in [-0.15, -0.1) is 0 Å². The molecule has 6 N–H and O–H groups in total. The topological polar surface area (TPSA) is 137 Å². The number of ether oxygens (including phenoxy) is 2. The van der Waals surface area contributed by atoms with Gasteiger partial charge in [0.1, 0.15) is 5.75 Å². The lowest BCUT2D eigenvalue weighted by atomic mass is 10.1. The highest BCUT2D eigenvalue weighted by molar-refractivity contribution is 6.31. The van der Waals surface area contributed by atoms with Crippen molar-refractivity contribution in [1.82, 2.24) is 20.6 Å². The molecule has 0 radical (unpaired) electrons. The van der Waals surface area contributed by atoms with E-state index in [-0.39, 0.29) is 28.7 Å². The molecular weight excluding hydrogens is 408 g/mol. The van der Waals surface area contributed by atoms with Crippen molar-refractivity contribution in [2.24, 2.45) is 0 Å². The van der Waals surface area contributed by atoms with Crippen LogP contribution >= 0.6 is 11.6 Å². The molecule has 1 aromatic carbocycles. The van der Waals surface area contributed by atoms with Crippen LogP contribution in [0.25, 0.3) is 0 Å². The van der Waals surface area contributed by atoms with Gasteiger partial charge in [0, 0.05) is 12.6 Å². The second kappa shape index (κ2) is 12.0. The molecule has 10 heteroatoms. The van der Waals surface area contributed by atoms with Crippen molar-refractivity contribution in [1.29, 1.82) is 0 Å². The van der Waals surface area contributed by atoms with Crippen molar-refractivity contribution in [3.63, 3.8) is 0 Å². The molecule has 164 valence electrons. The number of hydrogen-bond acceptors (Lipinski definition) is 8. The van der Waals surface area contributed by atoms with Gasteiger partial charge in [-0.2, -0.15) is 4.98 Å². The number of carbonyl (C=O) groups is 1. The second-order valence-corrected chi connectivity index (χ2v) is 7.11. The normalized spacial score (nSPS) is 11.7. The number of methoxy groups -OCH3 is 1. The fraction of sp³-hybridized carbons (Fsp3) is 0.450. The Kier molecular flexibility index (Phi) is 9.43. The summed E-state index contributed by atoms with van der Waals surface area (Å²) in [5.74, 6) is 0.551. The van der Waals surface area contributed by atoms with E-state index in [2.05, 4.69) is 39.7 Å². The van der Waals surface area contributed by atoms with Crippen LogP contribution in [0.4, 0.5) is 16.4 Å². The van der Waals surface area contributed by atoms with E-state index >= 15 is 0 Å².